The van der Waals surface area contributed by atoms with Crippen molar-refractivity contribution in [1.82, 2.24) is 0 Å². The molecule has 0 aliphatic carbocycles. The van der Waals surface area contributed by atoms with Gasteiger partial charge in [-0.2, -0.15) is 0 Å². The van der Waals surface area contributed by atoms with Gasteiger partial charge in [-0.1, -0.05) is 44.0 Å². The lowest BCUT2D eigenvalue weighted by Gasteiger charge is -2.03. The molecule has 0 N–H and O–H groups in total. The summed E-state index contributed by atoms with van der Waals surface area (Å²) in [4.78, 5) is 0. The molecule has 0 nitrogen and oxygen atoms in total. The highest BCUT2D eigenvalue weighted by atomic mass is 79.9. The van der Waals surface area contributed by atoms with E-state index in [2.05, 4.69) is 31.9 Å². The summed E-state index contributed by atoms with van der Waals surface area (Å²) in [6.45, 7) is 0. The lowest BCUT2D eigenvalue weighted by atomic mass is 10.1. The Morgan fingerprint density at radius 1 is 1.25 bits per heavy atom. The third kappa shape index (κ3) is 3.23. The van der Waals surface area contributed by atoms with Gasteiger partial charge in [0.2, 0.25) is 0 Å². The third-order valence-corrected chi connectivity index (χ3v) is 2.77. The van der Waals surface area contributed by atoms with E-state index in [0.717, 1.165) is 10.0 Å². The minimum Gasteiger partial charge on any atom is -0.246 e. The van der Waals surface area contributed by atoms with E-state index in [4.69, 9.17) is 0 Å². The van der Waals surface area contributed by atoms with Gasteiger partial charge in [0, 0.05) is 16.2 Å². The lowest BCUT2D eigenvalue weighted by Crippen LogP contribution is -2.05. The van der Waals surface area contributed by atoms with Gasteiger partial charge < -0.3 is 0 Å². The molecule has 0 bridgehead atoms. The quantitative estimate of drug-likeness (QED) is 0.746. The van der Waals surface area contributed by atoms with Crippen molar-refractivity contribution in [1.29, 1.82) is 0 Å². The van der Waals surface area contributed by atoms with Gasteiger partial charge in [0.15, 0.2) is 0 Å². The summed E-state index contributed by atoms with van der Waals surface area (Å²) >= 11 is 6.43. The average Bonchev–Trinajstić information content (AvgIpc) is 2.09. The molecule has 0 spiro atoms. The molecule has 66 valence electrons. The van der Waals surface area contributed by atoms with Crippen LogP contribution in [0.15, 0.2) is 28.7 Å². The maximum Gasteiger partial charge on any atom is 0.114 e. The maximum absolute atomic E-state index is 12.9. The second-order valence-corrected chi connectivity index (χ2v) is 4.15. The molecule has 0 aliphatic rings. The summed E-state index contributed by atoms with van der Waals surface area (Å²) in [7, 11) is 0. The molecule has 1 atom stereocenters. The van der Waals surface area contributed by atoms with Crippen molar-refractivity contribution in [3.8, 4) is 0 Å². The van der Waals surface area contributed by atoms with E-state index in [1.54, 1.807) is 0 Å². The summed E-state index contributed by atoms with van der Waals surface area (Å²) in [6, 6.07) is 7.71. The van der Waals surface area contributed by atoms with Gasteiger partial charge in [-0.05, 0) is 17.7 Å². The Kier molecular flexibility index (Phi) is 4.22. The second kappa shape index (κ2) is 4.97. The molecule has 0 aliphatic heterocycles. The Balaban J connectivity index is 2.58. The summed E-state index contributed by atoms with van der Waals surface area (Å²) in [6.07, 6.45) is -0.301. The second-order valence-electron chi connectivity index (χ2n) is 2.58. The van der Waals surface area contributed by atoms with Crippen molar-refractivity contribution in [2.24, 2.45) is 0 Å². The first kappa shape index (κ1) is 10.2. The van der Waals surface area contributed by atoms with E-state index in [1.807, 2.05) is 24.3 Å². The molecule has 0 saturated heterocycles. The first-order chi connectivity index (χ1) is 5.72. The zero-order valence-corrected chi connectivity index (χ0v) is 9.61. The molecule has 0 aromatic heterocycles. The smallest absolute Gasteiger partial charge is 0.114 e. The highest BCUT2D eigenvalue weighted by molar-refractivity contribution is 9.10. The number of hydrogen-bond acceptors (Lipinski definition) is 0. The maximum atomic E-state index is 12.9. The topological polar surface area (TPSA) is 0 Å². The molecule has 1 aromatic rings. The van der Waals surface area contributed by atoms with E-state index in [0.29, 0.717) is 11.8 Å². The fourth-order valence-electron chi connectivity index (χ4n) is 0.931. The normalized spacial score (nSPS) is 12.9. The molecule has 3 heteroatoms. The summed E-state index contributed by atoms with van der Waals surface area (Å²) in [5.74, 6) is 0. The van der Waals surface area contributed by atoms with Crippen molar-refractivity contribution in [2.45, 2.75) is 12.6 Å². The van der Waals surface area contributed by atoms with Crippen molar-refractivity contribution in [3.63, 3.8) is 0 Å². The molecule has 0 fully saturated rings. The molecule has 1 aromatic carbocycles. The van der Waals surface area contributed by atoms with Gasteiger partial charge >= 0.3 is 0 Å². The van der Waals surface area contributed by atoms with E-state index < -0.39 is 6.17 Å². The lowest BCUT2D eigenvalue weighted by molar-refractivity contribution is 0.368. The van der Waals surface area contributed by atoms with Gasteiger partial charge in [0.25, 0.3) is 0 Å². The molecular weight excluding hydrogens is 287 g/mol. The minimum absolute atomic E-state index is 0.406. The Labute approximate surface area is 88.4 Å². The standard InChI is InChI=1S/C9H9Br2F/c10-6-9(12)5-7-1-3-8(11)4-2-7/h1-4,9H,5-6H2/t9-/m1/s1. The van der Waals surface area contributed by atoms with Crippen LogP contribution in [-0.2, 0) is 6.42 Å². The SMILES string of the molecule is F[C@@H](CBr)Cc1ccc(Br)cc1. The fraction of sp³-hybridized carbons (Fsp3) is 0.333. The van der Waals surface area contributed by atoms with Crippen molar-refractivity contribution < 1.29 is 4.39 Å². The van der Waals surface area contributed by atoms with E-state index in [1.165, 1.54) is 0 Å². The Hall–Kier alpha value is 0.110. The highest BCUT2D eigenvalue weighted by Gasteiger charge is 2.04. The molecule has 1 rings (SSSR count). The Morgan fingerprint density at radius 2 is 1.83 bits per heavy atom. The molecule has 0 amide bonds. The van der Waals surface area contributed by atoms with Crippen LogP contribution >= 0.6 is 31.9 Å². The Bertz CT molecular complexity index is 233. The molecule has 0 unspecified atom stereocenters. The monoisotopic (exact) mass is 294 g/mol. The average molecular weight is 296 g/mol. The molecule has 12 heavy (non-hydrogen) atoms. The minimum atomic E-state index is -0.786. The Morgan fingerprint density at radius 3 is 2.33 bits per heavy atom. The highest BCUT2D eigenvalue weighted by Crippen LogP contribution is 2.13. The first-order valence-electron chi connectivity index (χ1n) is 3.67. The van der Waals surface area contributed by atoms with Gasteiger partial charge in [-0.3, -0.25) is 0 Å². The zero-order valence-electron chi connectivity index (χ0n) is 6.43. The van der Waals surface area contributed by atoms with E-state index >= 15 is 0 Å². The van der Waals surface area contributed by atoms with Crippen LogP contribution < -0.4 is 0 Å². The number of benzene rings is 1. The fourth-order valence-corrected chi connectivity index (χ4v) is 1.42. The third-order valence-electron chi connectivity index (χ3n) is 1.54. The summed E-state index contributed by atoms with van der Waals surface area (Å²) in [5, 5.41) is 0.406. The molecule has 0 saturated carbocycles. The van der Waals surface area contributed by atoms with Gasteiger partial charge in [0.1, 0.15) is 6.17 Å². The van der Waals surface area contributed by atoms with Crippen LogP contribution in [0, 0.1) is 0 Å². The number of alkyl halides is 2. The molecule has 0 radical (unpaired) electrons. The van der Waals surface area contributed by atoms with Gasteiger partial charge in [0.05, 0.1) is 0 Å². The van der Waals surface area contributed by atoms with Crippen molar-refractivity contribution in [2.75, 3.05) is 5.33 Å². The predicted molar refractivity (Wildman–Crippen MR) is 56.5 cm³/mol. The molecular formula is C9H9Br2F. The van der Waals surface area contributed by atoms with Gasteiger partial charge in [-0.15, -0.1) is 0 Å². The van der Waals surface area contributed by atoms with Crippen LogP contribution in [0.25, 0.3) is 0 Å². The van der Waals surface area contributed by atoms with Crippen molar-refractivity contribution in [3.05, 3.63) is 34.3 Å². The summed E-state index contributed by atoms with van der Waals surface area (Å²) < 4.78 is 13.9. The largest absolute Gasteiger partial charge is 0.246 e. The number of halogens is 3. The number of rotatable bonds is 3. The van der Waals surface area contributed by atoms with E-state index in [9.17, 15) is 4.39 Å². The van der Waals surface area contributed by atoms with Crippen LogP contribution in [0.2, 0.25) is 0 Å². The van der Waals surface area contributed by atoms with Crippen LogP contribution in [0.5, 0.6) is 0 Å². The predicted octanol–water partition coefficient (Wildman–Crippen LogP) is 3.72. The molecule has 0 heterocycles. The number of hydrogen-bond donors (Lipinski definition) is 0. The van der Waals surface area contributed by atoms with E-state index in [-0.39, 0.29) is 0 Å². The van der Waals surface area contributed by atoms with Crippen LogP contribution in [0.1, 0.15) is 5.56 Å². The van der Waals surface area contributed by atoms with Crippen molar-refractivity contribution >= 4 is 31.9 Å². The van der Waals surface area contributed by atoms with Crippen LogP contribution in [0.3, 0.4) is 0 Å². The summed E-state index contributed by atoms with van der Waals surface area (Å²) in [5.41, 5.74) is 1.03. The van der Waals surface area contributed by atoms with Crippen LogP contribution in [0.4, 0.5) is 4.39 Å². The zero-order chi connectivity index (χ0) is 8.97. The van der Waals surface area contributed by atoms with Crippen LogP contribution in [-0.4, -0.2) is 11.5 Å². The van der Waals surface area contributed by atoms with Gasteiger partial charge in [-0.25, -0.2) is 4.39 Å². The first-order valence-corrected chi connectivity index (χ1v) is 5.58.